The minimum absolute atomic E-state index is 0.0360. The molecular formula is C5H14N2O4Si. The topological polar surface area (TPSA) is 74.2 Å². The zero-order valence-electron chi connectivity index (χ0n) is 7.15. The summed E-state index contributed by atoms with van der Waals surface area (Å²) < 4.78 is 9.00. The largest absolute Gasteiger partial charge is 0.692 e. The summed E-state index contributed by atoms with van der Waals surface area (Å²) in [5.74, 6) is 0. The Kier molecular flexibility index (Phi) is 5.25. The molecule has 72 valence electrons. The summed E-state index contributed by atoms with van der Waals surface area (Å²) in [7, 11) is -0.737. The highest BCUT2D eigenvalue weighted by molar-refractivity contribution is 6.50. The second-order valence-corrected chi connectivity index (χ2v) is 3.83. The molecule has 0 aromatic rings. The molecule has 3 N–H and O–H groups in total. The molecule has 0 atom stereocenters. The number of hydrazine groups is 1. The third-order valence-corrected chi connectivity index (χ3v) is 1.65. The summed E-state index contributed by atoms with van der Waals surface area (Å²) in [6.45, 7) is 3.38. The van der Waals surface area contributed by atoms with Gasteiger partial charge >= 0.3 is 9.05 Å². The van der Waals surface area contributed by atoms with Crippen molar-refractivity contribution in [2.75, 3.05) is 20.7 Å². The molecule has 0 bridgehead atoms. The molecular weight excluding hydrogens is 180 g/mol. The van der Waals surface area contributed by atoms with Crippen LogP contribution >= 0.6 is 0 Å². The van der Waals surface area contributed by atoms with Crippen LogP contribution in [-0.4, -0.2) is 44.4 Å². The van der Waals surface area contributed by atoms with E-state index >= 15 is 0 Å². The lowest BCUT2D eigenvalue weighted by atomic mass is 10.7. The average molecular weight is 194 g/mol. The number of nitrogens with zero attached hydrogens (tertiary/aromatic N) is 1. The molecule has 0 aliphatic carbocycles. The van der Waals surface area contributed by atoms with E-state index in [1.165, 1.54) is 11.1 Å². The quantitative estimate of drug-likeness (QED) is 0.274. The molecule has 7 heteroatoms. The molecule has 0 aliphatic heterocycles. The van der Waals surface area contributed by atoms with Gasteiger partial charge in [0.05, 0.1) is 6.61 Å². The highest BCUT2D eigenvalue weighted by Gasteiger charge is 2.37. The van der Waals surface area contributed by atoms with Crippen molar-refractivity contribution in [1.82, 2.24) is 10.6 Å². The van der Waals surface area contributed by atoms with E-state index in [2.05, 4.69) is 21.1 Å². The van der Waals surface area contributed by atoms with Crippen molar-refractivity contribution in [3.63, 3.8) is 0 Å². The van der Waals surface area contributed by atoms with Crippen LogP contribution in [0.3, 0.4) is 0 Å². The first kappa shape index (κ1) is 11.7. The molecule has 0 saturated carbocycles. The smallest absolute Gasteiger partial charge is 0.367 e. The molecule has 0 saturated heterocycles. The van der Waals surface area contributed by atoms with Gasteiger partial charge in [-0.2, -0.15) is 0 Å². The fourth-order valence-electron chi connectivity index (χ4n) is 0.348. The Morgan fingerprint density at radius 1 is 1.58 bits per heavy atom. The molecule has 6 nitrogen and oxygen atoms in total. The van der Waals surface area contributed by atoms with Gasteiger partial charge in [-0.25, -0.2) is 5.01 Å². The number of hydrogen-bond acceptors (Lipinski definition) is 6. The van der Waals surface area contributed by atoms with E-state index in [9.17, 15) is 0 Å². The Labute approximate surface area is 72.4 Å². The lowest BCUT2D eigenvalue weighted by molar-refractivity contribution is -0.0668. The van der Waals surface area contributed by atoms with Gasteiger partial charge in [-0.1, -0.05) is 6.08 Å². The van der Waals surface area contributed by atoms with Gasteiger partial charge < -0.3 is 14.0 Å². The molecule has 12 heavy (non-hydrogen) atoms. The standard InChI is InChI=1S/C5H14N2O4Si/c1-4-5-10-12(8,9)11-6-7(2)3/h4,6,8-9H,1,5H2,2-3H3. The number of rotatable bonds is 6. The van der Waals surface area contributed by atoms with Crippen molar-refractivity contribution < 1.29 is 18.5 Å². The third kappa shape index (κ3) is 6.43. The molecule has 0 unspecified atom stereocenters. The Morgan fingerprint density at radius 2 is 2.17 bits per heavy atom. The van der Waals surface area contributed by atoms with Crippen LogP contribution in [-0.2, 0) is 8.95 Å². The maximum atomic E-state index is 9.01. The van der Waals surface area contributed by atoms with E-state index < -0.39 is 9.05 Å². The van der Waals surface area contributed by atoms with Crippen LogP contribution < -0.4 is 5.59 Å². The molecule has 0 radical (unpaired) electrons. The predicted molar refractivity (Wildman–Crippen MR) is 44.2 cm³/mol. The lowest BCUT2D eigenvalue weighted by Gasteiger charge is -2.18. The van der Waals surface area contributed by atoms with E-state index in [0.717, 1.165) is 0 Å². The Morgan fingerprint density at radius 3 is 2.58 bits per heavy atom. The van der Waals surface area contributed by atoms with Crippen molar-refractivity contribution >= 4 is 9.05 Å². The van der Waals surface area contributed by atoms with Crippen molar-refractivity contribution in [1.29, 1.82) is 0 Å². The molecule has 0 rings (SSSR count). The fraction of sp³-hybridized carbons (Fsp3) is 0.600. The molecule has 0 spiro atoms. The minimum atomic E-state index is -4.01. The first-order chi connectivity index (χ1) is 5.48. The van der Waals surface area contributed by atoms with E-state index in [-0.39, 0.29) is 6.61 Å². The Bertz CT molecular complexity index is 141. The summed E-state index contributed by atoms with van der Waals surface area (Å²) in [4.78, 5) is 18.0. The fourth-order valence-corrected chi connectivity index (χ4v) is 1.04. The molecule has 0 aliphatic rings. The summed E-state index contributed by atoms with van der Waals surface area (Å²) in [5, 5.41) is 1.41. The van der Waals surface area contributed by atoms with Crippen LogP contribution in [0.1, 0.15) is 0 Å². The van der Waals surface area contributed by atoms with Crippen molar-refractivity contribution in [3.05, 3.63) is 12.7 Å². The molecule has 0 fully saturated rings. The third-order valence-electron chi connectivity index (χ3n) is 0.750. The van der Waals surface area contributed by atoms with Crippen molar-refractivity contribution in [2.45, 2.75) is 0 Å². The summed E-state index contributed by atoms with van der Waals surface area (Å²) in [5.41, 5.74) is 2.23. The second-order valence-electron chi connectivity index (χ2n) is 2.24. The Hall–Kier alpha value is -0.283. The van der Waals surface area contributed by atoms with E-state index in [0.29, 0.717) is 0 Å². The van der Waals surface area contributed by atoms with Crippen LogP contribution in [0, 0.1) is 0 Å². The van der Waals surface area contributed by atoms with Crippen LogP contribution in [0.15, 0.2) is 12.7 Å². The molecule has 0 aromatic carbocycles. The highest BCUT2D eigenvalue weighted by Crippen LogP contribution is 1.95. The van der Waals surface area contributed by atoms with E-state index in [1.807, 2.05) is 0 Å². The van der Waals surface area contributed by atoms with Crippen LogP contribution in [0.25, 0.3) is 0 Å². The maximum absolute atomic E-state index is 9.01. The summed E-state index contributed by atoms with van der Waals surface area (Å²) >= 11 is 0. The maximum Gasteiger partial charge on any atom is 0.692 e. The van der Waals surface area contributed by atoms with Gasteiger partial charge in [-0.3, -0.25) is 4.53 Å². The first-order valence-corrected chi connectivity index (χ1v) is 4.99. The van der Waals surface area contributed by atoms with Crippen LogP contribution in [0.5, 0.6) is 0 Å². The molecule has 0 heterocycles. The summed E-state index contributed by atoms with van der Waals surface area (Å²) in [6.07, 6.45) is 1.40. The molecule has 0 amide bonds. The van der Waals surface area contributed by atoms with Gasteiger partial charge in [0, 0.05) is 14.1 Å². The van der Waals surface area contributed by atoms with Gasteiger partial charge in [0.1, 0.15) is 0 Å². The average Bonchev–Trinajstić information content (AvgIpc) is 1.98. The number of hydrogen-bond donors (Lipinski definition) is 3. The zero-order chi connectivity index (χ0) is 9.61. The summed E-state index contributed by atoms with van der Waals surface area (Å²) in [6, 6.07) is 0. The van der Waals surface area contributed by atoms with Gasteiger partial charge in [0.25, 0.3) is 0 Å². The SMILES string of the molecule is C=CCO[Si](O)(O)ONN(C)C. The monoisotopic (exact) mass is 194 g/mol. The van der Waals surface area contributed by atoms with Gasteiger partial charge in [0.15, 0.2) is 0 Å². The number of nitrogens with one attached hydrogen (secondary N) is 1. The van der Waals surface area contributed by atoms with Crippen molar-refractivity contribution in [2.24, 2.45) is 0 Å². The van der Waals surface area contributed by atoms with Crippen LogP contribution in [0.2, 0.25) is 0 Å². The van der Waals surface area contributed by atoms with Crippen molar-refractivity contribution in [3.8, 4) is 0 Å². The first-order valence-electron chi connectivity index (χ1n) is 3.28. The van der Waals surface area contributed by atoms with Gasteiger partial charge in [-0.05, 0) is 0 Å². The predicted octanol–water partition coefficient (Wildman–Crippen LogP) is -1.39. The highest BCUT2D eigenvalue weighted by atomic mass is 28.4. The van der Waals surface area contributed by atoms with Gasteiger partial charge in [-0.15, -0.1) is 12.2 Å². The second kappa shape index (κ2) is 5.38. The molecule has 0 aromatic heterocycles. The zero-order valence-corrected chi connectivity index (χ0v) is 8.15. The normalized spacial score (nSPS) is 12.1. The van der Waals surface area contributed by atoms with Crippen LogP contribution in [0.4, 0.5) is 0 Å². The van der Waals surface area contributed by atoms with E-state index in [4.69, 9.17) is 9.59 Å². The Balaban J connectivity index is 3.62. The van der Waals surface area contributed by atoms with E-state index in [1.54, 1.807) is 14.1 Å². The minimum Gasteiger partial charge on any atom is -0.367 e. The van der Waals surface area contributed by atoms with Gasteiger partial charge in [0.2, 0.25) is 0 Å². The lowest BCUT2D eigenvalue weighted by Crippen LogP contribution is -2.50.